The van der Waals surface area contributed by atoms with Gasteiger partial charge in [0.2, 0.25) is 0 Å². The van der Waals surface area contributed by atoms with Gasteiger partial charge in [0, 0.05) is 6.92 Å². The lowest BCUT2D eigenvalue weighted by molar-refractivity contribution is -0.141. The van der Waals surface area contributed by atoms with Crippen molar-refractivity contribution in [1.29, 1.82) is 0 Å². The van der Waals surface area contributed by atoms with E-state index in [0.29, 0.717) is 6.61 Å². The minimum absolute atomic E-state index is 0.169. The van der Waals surface area contributed by atoms with E-state index < -0.39 is 0 Å². The van der Waals surface area contributed by atoms with E-state index in [0.717, 1.165) is 19.3 Å². The lowest BCUT2D eigenvalue weighted by atomic mass is 10.1. The number of ether oxygens (including phenoxy) is 1. The van der Waals surface area contributed by atoms with Crippen LogP contribution in [0.1, 0.15) is 90.9 Å². The third kappa shape index (κ3) is 18.9. The zero-order valence-corrected chi connectivity index (χ0v) is 14.8. The topological polar surface area (TPSA) is 26.3 Å². The maximum Gasteiger partial charge on any atom is 0.302 e. The number of esters is 1. The highest BCUT2D eigenvalue weighted by Crippen LogP contribution is 2.06. The first kappa shape index (κ1) is 20.9. The van der Waals surface area contributed by atoms with Gasteiger partial charge in [-0.1, -0.05) is 63.3 Å². The molecule has 0 aliphatic carbocycles. The largest absolute Gasteiger partial charge is 0.466 e. The van der Waals surface area contributed by atoms with Crippen molar-refractivity contribution < 1.29 is 9.53 Å². The van der Waals surface area contributed by atoms with Crippen LogP contribution in [0.15, 0.2) is 24.3 Å². The standard InChI is InChI=1S/C20H36O2/c1-3-4-5-6-7-8-9-10-11-12-13-14-15-16-17-18-19-22-20(2)21/h8-9,12-13H,3-7,10-11,14-19H2,1-2H3/b9-8+,13-12+. The molecular formula is C20H36O2. The zero-order chi connectivity index (χ0) is 16.3. The lowest BCUT2D eigenvalue weighted by Crippen LogP contribution is -1.99. The van der Waals surface area contributed by atoms with Gasteiger partial charge >= 0.3 is 5.97 Å². The number of carbonyl (C=O) groups excluding carboxylic acids is 1. The molecule has 22 heavy (non-hydrogen) atoms. The van der Waals surface area contributed by atoms with E-state index in [1.165, 1.54) is 64.7 Å². The van der Waals surface area contributed by atoms with E-state index in [9.17, 15) is 4.79 Å². The van der Waals surface area contributed by atoms with Crippen molar-refractivity contribution in [1.82, 2.24) is 0 Å². The minimum Gasteiger partial charge on any atom is -0.466 e. The molecule has 0 aliphatic rings. The highest BCUT2D eigenvalue weighted by molar-refractivity contribution is 5.65. The summed E-state index contributed by atoms with van der Waals surface area (Å²) in [6.45, 7) is 4.30. The van der Waals surface area contributed by atoms with E-state index >= 15 is 0 Å². The molecule has 0 atom stereocenters. The number of unbranched alkanes of at least 4 members (excludes halogenated alkanes) is 9. The number of hydrogen-bond acceptors (Lipinski definition) is 2. The number of carbonyl (C=O) groups is 1. The van der Waals surface area contributed by atoms with E-state index in [2.05, 4.69) is 31.2 Å². The fourth-order valence-corrected chi connectivity index (χ4v) is 2.29. The molecule has 0 aromatic heterocycles. The molecule has 0 aliphatic heterocycles. The van der Waals surface area contributed by atoms with Crippen LogP contribution in [0, 0.1) is 0 Å². The van der Waals surface area contributed by atoms with Gasteiger partial charge in [0.25, 0.3) is 0 Å². The van der Waals surface area contributed by atoms with Crippen molar-refractivity contribution in [3.05, 3.63) is 24.3 Å². The van der Waals surface area contributed by atoms with Crippen LogP contribution in [-0.4, -0.2) is 12.6 Å². The van der Waals surface area contributed by atoms with Crippen molar-refractivity contribution in [3.63, 3.8) is 0 Å². The zero-order valence-electron chi connectivity index (χ0n) is 14.8. The second kappa shape index (κ2) is 18.0. The number of rotatable bonds is 15. The predicted molar refractivity (Wildman–Crippen MR) is 96.0 cm³/mol. The van der Waals surface area contributed by atoms with E-state index in [1.807, 2.05) is 0 Å². The molecular weight excluding hydrogens is 272 g/mol. The Morgan fingerprint density at radius 3 is 1.77 bits per heavy atom. The lowest BCUT2D eigenvalue weighted by Gasteiger charge is -2.00. The molecule has 2 nitrogen and oxygen atoms in total. The fourth-order valence-electron chi connectivity index (χ4n) is 2.29. The molecule has 0 spiro atoms. The number of hydrogen-bond donors (Lipinski definition) is 0. The van der Waals surface area contributed by atoms with Gasteiger partial charge in [-0.2, -0.15) is 0 Å². The molecule has 0 heterocycles. The normalized spacial score (nSPS) is 11.5. The summed E-state index contributed by atoms with van der Waals surface area (Å²) in [6.07, 6.45) is 24.1. The van der Waals surface area contributed by atoms with Gasteiger partial charge in [-0.3, -0.25) is 4.79 Å². The second-order valence-electron chi connectivity index (χ2n) is 5.91. The molecule has 0 saturated carbocycles. The van der Waals surface area contributed by atoms with Gasteiger partial charge in [0.15, 0.2) is 0 Å². The third-order valence-corrected chi connectivity index (χ3v) is 3.63. The van der Waals surface area contributed by atoms with E-state index in [4.69, 9.17) is 4.74 Å². The first-order valence-corrected chi connectivity index (χ1v) is 9.20. The summed E-state index contributed by atoms with van der Waals surface area (Å²) in [6, 6.07) is 0. The Balaban J connectivity index is 3.17. The molecule has 0 aromatic carbocycles. The van der Waals surface area contributed by atoms with Gasteiger partial charge in [0.05, 0.1) is 6.61 Å². The van der Waals surface area contributed by atoms with E-state index in [1.54, 1.807) is 0 Å². The van der Waals surface area contributed by atoms with Gasteiger partial charge in [-0.25, -0.2) is 0 Å². The summed E-state index contributed by atoms with van der Waals surface area (Å²) in [5.74, 6) is -0.169. The summed E-state index contributed by atoms with van der Waals surface area (Å²) < 4.78 is 4.90. The van der Waals surface area contributed by atoms with Gasteiger partial charge in [-0.05, 0) is 44.9 Å². The van der Waals surface area contributed by atoms with Crippen LogP contribution in [0.4, 0.5) is 0 Å². The molecule has 0 rings (SSSR count). The predicted octanol–water partition coefficient (Wildman–Crippen LogP) is 6.36. The molecule has 2 heteroatoms. The quantitative estimate of drug-likeness (QED) is 0.200. The highest BCUT2D eigenvalue weighted by Gasteiger charge is 1.92. The summed E-state index contributed by atoms with van der Waals surface area (Å²) in [7, 11) is 0. The molecule has 128 valence electrons. The molecule has 0 bridgehead atoms. The van der Waals surface area contributed by atoms with Crippen LogP contribution in [0.5, 0.6) is 0 Å². The van der Waals surface area contributed by atoms with Crippen LogP contribution < -0.4 is 0 Å². The summed E-state index contributed by atoms with van der Waals surface area (Å²) >= 11 is 0. The average Bonchev–Trinajstić information content (AvgIpc) is 2.50. The summed E-state index contributed by atoms with van der Waals surface area (Å²) in [4.78, 5) is 10.6. The Morgan fingerprint density at radius 1 is 0.727 bits per heavy atom. The molecule has 0 radical (unpaired) electrons. The van der Waals surface area contributed by atoms with Crippen molar-refractivity contribution >= 4 is 5.97 Å². The highest BCUT2D eigenvalue weighted by atomic mass is 16.5. The Kier molecular flexibility index (Phi) is 17.1. The maximum atomic E-state index is 10.6. The van der Waals surface area contributed by atoms with Crippen molar-refractivity contribution in [2.24, 2.45) is 0 Å². The van der Waals surface area contributed by atoms with Crippen LogP contribution in [-0.2, 0) is 9.53 Å². The Hall–Kier alpha value is -1.05. The SMILES string of the molecule is CCCCCC/C=C/CC/C=C/CCCCCCOC(C)=O. The van der Waals surface area contributed by atoms with Crippen LogP contribution in [0.25, 0.3) is 0 Å². The monoisotopic (exact) mass is 308 g/mol. The summed E-state index contributed by atoms with van der Waals surface area (Å²) in [5, 5.41) is 0. The molecule has 0 aromatic rings. The molecule has 0 fully saturated rings. The Labute approximate surface area is 138 Å². The van der Waals surface area contributed by atoms with Crippen molar-refractivity contribution in [2.75, 3.05) is 6.61 Å². The smallest absolute Gasteiger partial charge is 0.302 e. The summed E-state index contributed by atoms with van der Waals surface area (Å²) in [5.41, 5.74) is 0. The van der Waals surface area contributed by atoms with Crippen molar-refractivity contribution in [3.8, 4) is 0 Å². The maximum absolute atomic E-state index is 10.6. The van der Waals surface area contributed by atoms with Gasteiger partial charge < -0.3 is 4.74 Å². The van der Waals surface area contributed by atoms with Gasteiger partial charge in [0.1, 0.15) is 0 Å². The van der Waals surface area contributed by atoms with E-state index in [-0.39, 0.29) is 5.97 Å². The van der Waals surface area contributed by atoms with Crippen LogP contribution in [0.2, 0.25) is 0 Å². The number of allylic oxidation sites excluding steroid dienone is 4. The third-order valence-electron chi connectivity index (χ3n) is 3.63. The average molecular weight is 309 g/mol. The fraction of sp³-hybridized carbons (Fsp3) is 0.750. The first-order chi connectivity index (χ1) is 10.8. The molecule has 0 saturated heterocycles. The van der Waals surface area contributed by atoms with Gasteiger partial charge in [-0.15, -0.1) is 0 Å². The minimum atomic E-state index is -0.169. The molecule has 0 unspecified atom stereocenters. The van der Waals surface area contributed by atoms with Crippen molar-refractivity contribution in [2.45, 2.75) is 90.9 Å². The van der Waals surface area contributed by atoms with Crippen LogP contribution >= 0.6 is 0 Å². The first-order valence-electron chi connectivity index (χ1n) is 9.20. The molecule has 0 N–H and O–H groups in total. The Bertz CT molecular complexity index is 292. The van der Waals surface area contributed by atoms with Crippen LogP contribution in [0.3, 0.4) is 0 Å². The Morgan fingerprint density at radius 2 is 1.23 bits per heavy atom. The second-order valence-corrected chi connectivity index (χ2v) is 5.91. The molecule has 0 amide bonds.